The van der Waals surface area contributed by atoms with Gasteiger partial charge in [-0.25, -0.2) is 0 Å². The lowest BCUT2D eigenvalue weighted by molar-refractivity contribution is 0.304. The fraction of sp³-hybridized carbons (Fsp3) is 0.480. The van der Waals surface area contributed by atoms with Crippen LogP contribution in [0.25, 0.3) is 0 Å². The van der Waals surface area contributed by atoms with Gasteiger partial charge in [0.1, 0.15) is 5.75 Å². The number of azo groups is 1. The number of ether oxygens (including phenoxy) is 1. The topological polar surface area (TPSA) is 57.4 Å². The summed E-state index contributed by atoms with van der Waals surface area (Å²) in [4.78, 5) is 2.06. The normalized spacial score (nSPS) is 11.2. The quantitative estimate of drug-likeness (QED) is 0.243. The van der Waals surface area contributed by atoms with Gasteiger partial charge >= 0.3 is 0 Å². The van der Waals surface area contributed by atoms with Crippen LogP contribution in [0, 0.1) is 6.61 Å². The first-order valence-electron chi connectivity index (χ1n) is 11.1. The van der Waals surface area contributed by atoms with E-state index in [9.17, 15) is 0 Å². The highest BCUT2D eigenvalue weighted by Crippen LogP contribution is 2.23. The predicted molar refractivity (Wildman–Crippen MR) is 125 cm³/mol. The minimum Gasteiger partial charge on any atom is -0.494 e. The summed E-state index contributed by atoms with van der Waals surface area (Å²) in [5, 5.41) is 17.2. The maximum absolute atomic E-state index is 8.63. The van der Waals surface area contributed by atoms with Gasteiger partial charge in [-0.2, -0.15) is 10.2 Å². The van der Waals surface area contributed by atoms with Crippen LogP contribution in [0.2, 0.25) is 0 Å². The predicted octanol–water partition coefficient (Wildman–Crippen LogP) is 7.59. The fourth-order valence-electron chi connectivity index (χ4n) is 3.13. The van der Waals surface area contributed by atoms with Crippen molar-refractivity contribution in [2.45, 2.75) is 57.8 Å². The molecule has 30 heavy (non-hydrogen) atoms. The summed E-state index contributed by atoms with van der Waals surface area (Å²) in [6.45, 7) is 2.02. The van der Waals surface area contributed by atoms with E-state index in [0.717, 1.165) is 48.7 Å². The highest BCUT2D eigenvalue weighted by Gasteiger charge is 1.98. The van der Waals surface area contributed by atoms with Gasteiger partial charge < -0.3 is 14.7 Å². The molecule has 0 aromatic heterocycles. The minimum absolute atomic E-state index is 0.755. The highest BCUT2D eigenvalue weighted by atomic mass is 16.5. The Labute approximate surface area is 181 Å². The summed E-state index contributed by atoms with van der Waals surface area (Å²) in [6.07, 6.45) is 10.6. The van der Waals surface area contributed by atoms with E-state index in [0.29, 0.717) is 0 Å². The number of hydrogen-bond donors (Lipinski definition) is 1. The van der Waals surface area contributed by atoms with Crippen molar-refractivity contribution in [2.75, 3.05) is 25.6 Å². The van der Waals surface area contributed by atoms with Crippen LogP contribution in [0.3, 0.4) is 0 Å². The molecule has 0 aliphatic rings. The van der Waals surface area contributed by atoms with Gasteiger partial charge in [-0.1, -0.05) is 44.9 Å². The zero-order chi connectivity index (χ0) is 21.4. The monoisotopic (exact) mass is 410 g/mol. The summed E-state index contributed by atoms with van der Waals surface area (Å²) >= 11 is 0. The van der Waals surface area contributed by atoms with Crippen molar-refractivity contribution >= 4 is 17.1 Å². The molecule has 0 spiro atoms. The maximum Gasteiger partial charge on any atom is 0.119 e. The van der Waals surface area contributed by atoms with Crippen molar-refractivity contribution in [1.82, 2.24) is 0 Å². The van der Waals surface area contributed by atoms with Gasteiger partial charge in [-0.15, -0.1) is 0 Å². The molecule has 0 atom stereocenters. The van der Waals surface area contributed by atoms with Crippen molar-refractivity contribution in [3.63, 3.8) is 0 Å². The van der Waals surface area contributed by atoms with E-state index in [1.54, 1.807) is 0 Å². The molecule has 1 radical (unpaired) electrons. The van der Waals surface area contributed by atoms with E-state index >= 15 is 0 Å². The van der Waals surface area contributed by atoms with E-state index in [1.807, 2.05) is 62.6 Å². The number of unbranched alkanes of at least 4 members (excludes halogenated alkanes) is 8. The van der Waals surface area contributed by atoms with E-state index in [2.05, 4.69) is 15.1 Å². The van der Waals surface area contributed by atoms with E-state index < -0.39 is 0 Å². The molecule has 0 fully saturated rings. The minimum atomic E-state index is 0.755. The molecular weight excluding hydrogens is 374 g/mol. The third kappa shape index (κ3) is 9.88. The van der Waals surface area contributed by atoms with Crippen LogP contribution in [0.15, 0.2) is 58.8 Å². The molecule has 163 valence electrons. The highest BCUT2D eigenvalue weighted by molar-refractivity contribution is 5.52. The molecule has 0 bridgehead atoms. The van der Waals surface area contributed by atoms with Gasteiger partial charge in [0.05, 0.1) is 24.6 Å². The summed E-state index contributed by atoms with van der Waals surface area (Å²) in [7, 11) is 4.03. The molecule has 2 rings (SSSR count). The number of aliphatic hydroxyl groups is 1. The second-order valence-electron chi connectivity index (χ2n) is 7.75. The number of rotatable bonds is 15. The van der Waals surface area contributed by atoms with Crippen molar-refractivity contribution < 1.29 is 9.84 Å². The lowest BCUT2D eigenvalue weighted by Crippen LogP contribution is -2.07. The molecule has 0 saturated carbocycles. The Balaban J connectivity index is 1.58. The van der Waals surface area contributed by atoms with Gasteiger partial charge in [-0.05, 0) is 61.4 Å². The zero-order valence-electron chi connectivity index (χ0n) is 18.5. The molecule has 2 aromatic carbocycles. The standard InChI is InChI=1S/C25H36N3O2/c1-28(2)24-16-12-22(13-17-24)26-27-23-14-18-25(19-15-23)30-21-11-9-7-5-3-4-6-8-10-20-29/h12-20,29H,3-11,21H2,1-2H3. The van der Waals surface area contributed by atoms with Gasteiger partial charge in [-0.3, -0.25) is 0 Å². The van der Waals surface area contributed by atoms with Crippen LogP contribution in [0.5, 0.6) is 5.75 Å². The van der Waals surface area contributed by atoms with E-state index in [-0.39, 0.29) is 0 Å². The Morgan fingerprint density at radius 1 is 0.733 bits per heavy atom. The fourth-order valence-corrected chi connectivity index (χ4v) is 3.13. The first kappa shape index (κ1) is 23.9. The molecule has 5 heteroatoms. The Hall–Kier alpha value is -2.40. The van der Waals surface area contributed by atoms with Crippen molar-refractivity contribution in [1.29, 1.82) is 0 Å². The molecule has 0 saturated heterocycles. The summed E-state index contributed by atoms with van der Waals surface area (Å²) in [5.74, 6) is 0.880. The Morgan fingerprint density at radius 2 is 1.23 bits per heavy atom. The first-order chi connectivity index (χ1) is 14.7. The van der Waals surface area contributed by atoms with Crippen LogP contribution >= 0.6 is 0 Å². The number of hydrogen-bond acceptors (Lipinski definition) is 5. The van der Waals surface area contributed by atoms with Crippen LogP contribution in [-0.4, -0.2) is 25.8 Å². The SMILES string of the molecule is CN(C)c1ccc(N=Nc2ccc(OCCCCCCCCCC[CH]O)cc2)cc1. The van der Waals surface area contributed by atoms with Crippen LogP contribution in [0.4, 0.5) is 17.1 Å². The van der Waals surface area contributed by atoms with Crippen LogP contribution < -0.4 is 9.64 Å². The molecule has 0 aliphatic carbocycles. The lowest BCUT2D eigenvalue weighted by atomic mass is 10.1. The smallest absolute Gasteiger partial charge is 0.119 e. The number of aliphatic hydroxyl groups excluding tert-OH is 1. The molecular formula is C25H36N3O2. The largest absolute Gasteiger partial charge is 0.494 e. The molecule has 5 nitrogen and oxygen atoms in total. The molecule has 2 aromatic rings. The Bertz CT molecular complexity index is 712. The summed E-state index contributed by atoms with van der Waals surface area (Å²) < 4.78 is 5.83. The number of anilines is 1. The third-order valence-electron chi connectivity index (χ3n) is 4.98. The van der Waals surface area contributed by atoms with Gasteiger partial charge in [0, 0.05) is 19.8 Å². The summed E-state index contributed by atoms with van der Waals surface area (Å²) in [5.41, 5.74) is 2.80. The maximum atomic E-state index is 8.63. The Morgan fingerprint density at radius 3 is 1.77 bits per heavy atom. The average molecular weight is 411 g/mol. The van der Waals surface area contributed by atoms with Crippen molar-refractivity contribution in [3.8, 4) is 5.75 Å². The van der Waals surface area contributed by atoms with Gasteiger partial charge in [0.25, 0.3) is 0 Å². The average Bonchev–Trinajstić information content (AvgIpc) is 2.77. The van der Waals surface area contributed by atoms with Gasteiger partial charge in [0.2, 0.25) is 0 Å². The molecule has 0 aliphatic heterocycles. The molecule has 0 amide bonds. The molecule has 0 unspecified atom stereocenters. The Kier molecular flexibility index (Phi) is 11.6. The molecule has 1 N–H and O–H groups in total. The lowest BCUT2D eigenvalue weighted by Gasteiger charge is -2.11. The second kappa shape index (κ2) is 14.6. The zero-order valence-corrected chi connectivity index (χ0v) is 18.5. The first-order valence-corrected chi connectivity index (χ1v) is 11.1. The number of benzene rings is 2. The second-order valence-corrected chi connectivity index (χ2v) is 7.75. The van der Waals surface area contributed by atoms with Gasteiger partial charge in [0.15, 0.2) is 0 Å². The van der Waals surface area contributed by atoms with Crippen molar-refractivity contribution in [3.05, 3.63) is 55.1 Å². The number of nitrogens with zero attached hydrogens (tertiary/aromatic N) is 3. The van der Waals surface area contributed by atoms with E-state index in [1.165, 1.54) is 45.1 Å². The van der Waals surface area contributed by atoms with Crippen molar-refractivity contribution in [2.24, 2.45) is 10.2 Å². The third-order valence-corrected chi connectivity index (χ3v) is 4.98. The van der Waals surface area contributed by atoms with Crippen LogP contribution in [-0.2, 0) is 0 Å². The summed E-state index contributed by atoms with van der Waals surface area (Å²) in [6, 6.07) is 15.8. The molecule has 0 heterocycles. The van der Waals surface area contributed by atoms with E-state index in [4.69, 9.17) is 9.84 Å². The van der Waals surface area contributed by atoms with Crippen LogP contribution in [0.1, 0.15) is 57.8 Å².